The van der Waals surface area contributed by atoms with E-state index < -0.39 is 17.6 Å². The second-order valence-electron chi connectivity index (χ2n) is 8.30. The van der Waals surface area contributed by atoms with Crippen LogP contribution in [0.5, 0.6) is 5.75 Å². The van der Waals surface area contributed by atoms with Gasteiger partial charge in [-0.3, -0.25) is 9.59 Å². The van der Waals surface area contributed by atoms with Crippen LogP contribution in [0.4, 0.5) is 24.5 Å². The minimum absolute atomic E-state index is 0.0144. The molecule has 4 rings (SSSR count). The highest BCUT2D eigenvalue weighted by atomic mass is 19.4. The smallest absolute Gasteiger partial charge is 0.416 e. The molecule has 0 bridgehead atoms. The maximum Gasteiger partial charge on any atom is 0.416 e. The molecule has 0 saturated carbocycles. The monoisotopic (exact) mass is 527 g/mol. The van der Waals surface area contributed by atoms with Crippen molar-refractivity contribution in [3.8, 4) is 22.8 Å². The molecule has 13 heteroatoms. The molecule has 1 amide bonds. The Hall–Kier alpha value is -4.68. The van der Waals surface area contributed by atoms with Gasteiger partial charge in [0.25, 0.3) is 5.56 Å². The van der Waals surface area contributed by atoms with E-state index in [9.17, 15) is 22.8 Å². The summed E-state index contributed by atoms with van der Waals surface area (Å²) in [4.78, 5) is 39.7. The molecule has 198 valence electrons. The van der Waals surface area contributed by atoms with Crippen LogP contribution in [-0.2, 0) is 11.0 Å². The summed E-state index contributed by atoms with van der Waals surface area (Å²) < 4.78 is 47.1. The van der Waals surface area contributed by atoms with Crippen molar-refractivity contribution in [2.45, 2.75) is 26.9 Å². The molecular formula is C25H24F3N7O3. The number of H-pyrrole nitrogens is 1. The van der Waals surface area contributed by atoms with Crippen LogP contribution in [0.15, 0.2) is 54.0 Å². The molecule has 0 aliphatic carbocycles. The van der Waals surface area contributed by atoms with E-state index in [-0.39, 0.29) is 29.2 Å². The van der Waals surface area contributed by atoms with Crippen molar-refractivity contribution < 1.29 is 22.7 Å². The molecule has 38 heavy (non-hydrogen) atoms. The molecule has 10 nitrogen and oxygen atoms in total. The first-order valence-corrected chi connectivity index (χ1v) is 11.5. The second kappa shape index (κ2) is 10.7. The SMILES string of the molecule is CCOc1cc(-c2ncc(NCC(=O)Nc3cc(-n4cnc(C)c4)cc(C(F)(F)F)c3)c(C)n2)c[nH]c1=O. The van der Waals surface area contributed by atoms with Crippen molar-refractivity contribution in [3.63, 3.8) is 0 Å². The number of hydrogen-bond donors (Lipinski definition) is 3. The Morgan fingerprint density at radius 1 is 1.16 bits per heavy atom. The van der Waals surface area contributed by atoms with Gasteiger partial charge in [-0.05, 0) is 45.0 Å². The molecule has 3 heterocycles. The molecule has 0 aliphatic rings. The third-order valence-electron chi connectivity index (χ3n) is 5.38. The molecule has 0 spiro atoms. The Bertz CT molecular complexity index is 1530. The van der Waals surface area contributed by atoms with Gasteiger partial charge in [0.05, 0.1) is 48.3 Å². The number of carbonyl (C=O) groups excluding carboxylic acids is 1. The van der Waals surface area contributed by atoms with Crippen molar-refractivity contribution in [1.82, 2.24) is 24.5 Å². The summed E-state index contributed by atoms with van der Waals surface area (Å²) in [6, 6.07) is 4.82. The fraction of sp³-hybridized carbons (Fsp3) is 0.240. The van der Waals surface area contributed by atoms with Crippen molar-refractivity contribution in [1.29, 1.82) is 0 Å². The van der Waals surface area contributed by atoms with Gasteiger partial charge in [0.2, 0.25) is 5.91 Å². The number of benzene rings is 1. The number of hydrogen-bond acceptors (Lipinski definition) is 7. The summed E-state index contributed by atoms with van der Waals surface area (Å²) in [6.45, 7) is 5.26. The van der Waals surface area contributed by atoms with Gasteiger partial charge in [-0.15, -0.1) is 0 Å². The van der Waals surface area contributed by atoms with E-state index in [0.717, 1.165) is 12.1 Å². The van der Waals surface area contributed by atoms with Crippen molar-refractivity contribution in [3.05, 3.63) is 76.5 Å². The third-order valence-corrected chi connectivity index (χ3v) is 5.38. The number of ether oxygens (including phenoxy) is 1. The highest BCUT2D eigenvalue weighted by Crippen LogP contribution is 2.33. The van der Waals surface area contributed by atoms with E-state index >= 15 is 0 Å². The minimum Gasteiger partial charge on any atom is -0.488 e. The van der Waals surface area contributed by atoms with Gasteiger partial charge in [-0.25, -0.2) is 15.0 Å². The number of alkyl halides is 3. The van der Waals surface area contributed by atoms with E-state index in [1.54, 1.807) is 27.0 Å². The lowest BCUT2D eigenvalue weighted by Crippen LogP contribution is -2.23. The van der Waals surface area contributed by atoms with Crippen LogP contribution in [0.3, 0.4) is 0 Å². The second-order valence-corrected chi connectivity index (χ2v) is 8.30. The van der Waals surface area contributed by atoms with Gasteiger partial charge in [0, 0.05) is 29.3 Å². The molecule has 3 aromatic heterocycles. The third kappa shape index (κ3) is 6.17. The highest BCUT2D eigenvalue weighted by Gasteiger charge is 2.31. The lowest BCUT2D eigenvalue weighted by atomic mass is 10.1. The van der Waals surface area contributed by atoms with E-state index in [2.05, 4.69) is 30.6 Å². The zero-order valence-electron chi connectivity index (χ0n) is 20.7. The van der Waals surface area contributed by atoms with Crippen LogP contribution in [0.1, 0.15) is 23.9 Å². The Morgan fingerprint density at radius 2 is 1.95 bits per heavy atom. The van der Waals surface area contributed by atoms with Crippen LogP contribution in [0, 0.1) is 13.8 Å². The average molecular weight is 528 g/mol. The fourth-order valence-corrected chi connectivity index (χ4v) is 3.57. The Kier molecular flexibility index (Phi) is 7.46. The number of aryl methyl sites for hydroxylation is 2. The fourth-order valence-electron chi connectivity index (χ4n) is 3.57. The molecule has 0 atom stereocenters. The first-order chi connectivity index (χ1) is 18.0. The van der Waals surface area contributed by atoms with Gasteiger partial charge in [0.15, 0.2) is 11.6 Å². The number of nitrogens with zero attached hydrogens (tertiary/aromatic N) is 4. The lowest BCUT2D eigenvalue weighted by Gasteiger charge is -2.14. The van der Waals surface area contributed by atoms with Crippen LogP contribution in [0.25, 0.3) is 17.1 Å². The number of nitrogens with one attached hydrogen (secondary N) is 3. The van der Waals surface area contributed by atoms with Gasteiger partial charge in [-0.1, -0.05) is 0 Å². The van der Waals surface area contributed by atoms with Gasteiger partial charge >= 0.3 is 6.18 Å². The predicted octanol–water partition coefficient (Wildman–Crippen LogP) is 4.10. The Morgan fingerprint density at radius 3 is 2.61 bits per heavy atom. The van der Waals surface area contributed by atoms with Gasteiger partial charge < -0.3 is 24.9 Å². The molecular weight excluding hydrogens is 503 g/mol. The standard InChI is InChI=1S/C25H24F3N7O3/c1-4-38-21-5-16(9-31-24(21)37)23-30-10-20(15(3)33-23)29-11-22(36)34-18-6-17(25(26,27)28)7-19(8-18)35-12-14(2)32-13-35/h5-10,12-13,29H,4,11H2,1-3H3,(H,31,37)(H,34,36). The number of halogens is 3. The van der Waals surface area contributed by atoms with E-state index in [1.165, 1.54) is 35.4 Å². The Balaban J connectivity index is 1.47. The predicted molar refractivity (Wildman–Crippen MR) is 134 cm³/mol. The zero-order chi connectivity index (χ0) is 27.4. The topological polar surface area (TPSA) is 127 Å². The maximum atomic E-state index is 13.5. The van der Waals surface area contributed by atoms with Crippen molar-refractivity contribution in [2.24, 2.45) is 0 Å². The molecule has 4 aromatic rings. The lowest BCUT2D eigenvalue weighted by molar-refractivity contribution is -0.137. The minimum atomic E-state index is -4.60. The Labute approximate surface area is 214 Å². The van der Waals surface area contributed by atoms with E-state index in [1.807, 2.05) is 0 Å². The number of rotatable bonds is 8. The number of anilines is 2. The number of pyridine rings is 1. The number of amides is 1. The van der Waals surface area contributed by atoms with Crippen LogP contribution < -0.4 is 20.9 Å². The summed E-state index contributed by atoms with van der Waals surface area (Å²) in [7, 11) is 0. The molecule has 0 fully saturated rings. The number of aromatic amines is 1. The number of imidazole rings is 1. The van der Waals surface area contributed by atoms with E-state index in [0.29, 0.717) is 35.1 Å². The molecule has 3 N–H and O–H groups in total. The largest absolute Gasteiger partial charge is 0.488 e. The quantitative estimate of drug-likeness (QED) is 0.315. The maximum absolute atomic E-state index is 13.5. The van der Waals surface area contributed by atoms with Crippen molar-refractivity contribution in [2.75, 3.05) is 23.8 Å². The van der Waals surface area contributed by atoms with E-state index in [4.69, 9.17) is 4.74 Å². The average Bonchev–Trinajstić information content (AvgIpc) is 3.30. The molecule has 0 aliphatic heterocycles. The van der Waals surface area contributed by atoms with Crippen LogP contribution >= 0.6 is 0 Å². The first kappa shape index (κ1) is 26.4. The molecule has 0 unspecified atom stereocenters. The van der Waals surface area contributed by atoms with Gasteiger partial charge in [-0.2, -0.15) is 13.2 Å². The molecule has 0 radical (unpaired) electrons. The van der Waals surface area contributed by atoms with Crippen LogP contribution in [-0.4, -0.2) is 43.6 Å². The summed E-state index contributed by atoms with van der Waals surface area (Å²) in [5, 5.41) is 5.39. The van der Waals surface area contributed by atoms with Crippen molar-refractivity contribution >= 4 is 17.3 Å². The summed E-state index contributed by atoms with van der Waals surface area (Å²) in [6.07, 6.45) is 1.32. The first-order valence-electron chi connectivity index (χ1n) is 11.5. The van der Waals surface area contributed by atoms with Gasteiger partial charge in [0.1, 0.15) is 0 Å². The zero-order valence-corrected chi connectivity index (χ0v) is 20.7. The number of carbonyl (C=O) groups is 1. The summed E-state index contributed by atoms with van der Waals surface area (Å²) in [5.41, 5.74) is 1.06. The van der Waals surface area contributed by atoms with Crippen LogP contribution in [0.2, 0.25) is 0 Å². The number of aromatic nitrogens is 5. The summed E-state index contributed by atoms with van der Waals surface area (Å²) in [5.74, 6) is -0.0884. The molecule has 1 aromatic carbocycles. The molecule has 0 saturated heterocycles. The summed E-state index contributed by atoms with van der Waals surface area (Å²) >= 11 is 0. The highest BCUT2D eigenvalue weighted by molar-refractivity contribution is 5.94. The normalized spacial score (nSPS) is 11.3.